The molecular formula is C30H53N5O4. The first-order valence-corrected chi connectivity index (χ1v) is 14.3. The summed E-state index contributed by atoms with van der Waals surface area (Å²) in [5, 5.41) is 23.2. The molecule has 39 heavy (non-hydrogen) atoms. The minimum atomic E-state index is -1.03. The van der Waals surface area contributed by atoms with Gasteiger partial charge in [0.15, 0.2) is 0 Å². The zero-order valence-corrected chi connectivity index (χ0v) is 25.5. The van der Waals surface area contributed by atoms with E-state index in [9.17, 15) is 19.5 Å². The molecule has 0 aliphatic carbocycles. The molecule has 0 fully saturated rings. The Labute approximate surface area is 235 Å². The molecule has 0 saturated heterocycles. The number of aliphatic hydroxyl groups is 1. The number of nitrogens with zero attached hydrogens (tertiary/aromatic N) is 1. The van der Waals surface area contributed by atoms with E-state index in [1.165, 1.54) is 0 Å². The van der Waals surface area contributed by atoms with E-state index in [1.807, 2.05) is 65.0 Å². The van der Waals surface area contributed by atoms with Gasteiger partial charge in [0, 0.05) is 12.1 Å². The first-order valence-electron chi connectivity index (χ1n) is 14.3. The van der Waals surface area contributed by atoms with Crippen LogP contribution in [-0.2, 0) is 16.0 Å². The summed E-state index contributed by atoms with van der Waals surface area (Å²) in [6, 6.07) is 7.48. The van der Waals surface area contributed by atoms with Crippen molar-refractivity contribution in [3.8, 4) is 0 Å². The van der Waals surface area contributed by atoms with Crippen molar-refractivity contribution in [2.75, 3.05) is 20.1 Å². The van der Waals surface area contributed by atoms with Crippen molar-refractivity contribution in [1.82, 2.24) is 26.2 Å². The molecule has 0 spiro atoms. The van der Waals surface area contributed by atoms with Crippen molar-refractivity contribution in [3.63, 3.8) is 0 Å². The second kappa shape index (κ2) is 16.5. The lowest BCUT2D eigenvalue weighted by atomic mass is 9.95. The van der Waals surface area contributed by atoms with Crippen LogP contribution in [0.3, 0.4) is 0 Å². The molecule has 0 heterocycles. The van der Waals surface area contributed by atoms with Gasteiger partial charge in [0.05, 0.1) is 24.7 Å². The average molecular weight is 548 g/mol. The average Bonchev–Trinajstić information content (AvgIpc) is 2.87. The van der Waals surface area contributed by atoms with Crippen LogP contribution in [0.25, 0.3) is 0 Å². The van der Waals surface area contributed by atoms with Gasteiger partial charge in [-0.1, -0.05) is 64.4 Å². The van der Waals surface area contributed by atoms with Crippen LogP contribution >= 0.6 is 0 Å². The highest BCUT2D eigenvalue weighted by molar-refractivity contribution is 5.90. The number of nitrogens with one attached hydrogen (secondary N) is 4. The molecule has 5 atom stereocenters. The van der Waals surface area contributed by atoms with Gasteiger partial charge in [-0.3, -0.25) is 9.59 Å². The molecule has 222 valence electrons. The summed E-state index contributed by atoms with van der Waals surface area (Å²) in [7, 11) is 1.69. The molecule has 9 nitrogen and oxygen atoms in total. The van der Waals surface area contributed by atoms with Crippen molar-refractivity contribution in [1.29, 1.82) is 0 Å². The zero-order valence-electron chi connectivity index (χ0n) is 25.5. The maximum Gasteiger partial charge on any atom is 0.317 e. The van der Waals surface area contributed by atoms with Crippen LogP contribution in [0.15, 0.2) is 30.3 Å². The number of hydrogen-bond acceptors (Lipinski definition) is 5. The summed E-state index contributed by atoms with van der Waals surface area (Å²) in [5.41, 5.74) is 0.518. The summed E-state index contributed by atoms with van der Waals surface area (Å²) >= 11 is 0. The van der Waals surface area contributed by atoms with Gasteiger partial charge in [-0.15, -0.1) is 0 Å². The molecule has 5 N–H and O–H groups in total. The molecule has 0 unspecified atom stereocenters. The molecule has 0 bridgehead atoms. The molecule has 0 aliphatic rings. The third-order valence-electron chi connectivity index (χ3n) is 6.86. The van der Waals surface area contributed by atoms with Crippen molar-refractivity contribution in [3.05, 3.63) is 35.9 Å². The van der Waals surface area contributed by atoms with Crippen LogP contribution in [0.1, 0.15) is 73.8 Å². The number of hydrogen-bond donors (Lipinski definition) is 5. The Morgan fingerprint density at radius 3 is 2.10 bits per heavy atom. The summed E-state index contributed by atoms with van der Waals surface area (Å²) < 4.78 is 0. The molecule has 0 aromatic heterocycles. The summed E-state index contributed by atoms with van der Waals surface area (Å²) in [6.45, 7) is 16.1. The minimum absolute atomic E-state index is 0.0591. The van der Waals surface area contributed by atoms with Crippen LogP contribution in [0.5, 0.6) is 0 Å². The molecule has 1 rings (SSSR count). The number of likely N-dealkylation sites (N-methyl/N-ethyl adjacent to an activating group) is 1. The minimum Gasteiger partial charge on any atom is -0.389 e. The maximum atomic E-state index is 13.6. The number of amides is 4. The monoisotopic (exact) mass is 547 g/mol. The smallest absolute Gasteiger partial charge is 0.317 e. The molecule has 0 saturated carbocycles. The van der Waals surface area contributed by atoms with Crippen molar-refractivity contribution in [2.45, 2.75) is 104 Å². The molecule has 1 aromatic carbocycles. The third kappa shape index (κ3) is 12.8. The molecule has 1 aromatic rings. The second-order valence-corrected chi connectivity index (χ2v) is 12.1. The largest absolute Gasteiger partial charge is 0.389 e. The van der Waals surface area contributed by atoms with Crippen molar-refractivity contribution in [2.24, 2.45) is 11.8 Å². The highest BCUT2D eigenvalue weighted by Crippen LogP contribution is 2.14. The van der Waals surface area contributed by atoms with Gasteiger partial charge in [0.2, 0.25) is 11.8 Å². The molecule has 9 heteroatoms. The van der Waals surface area contributed by atoms with Crippen molar-refractivity contribution >= 4 is 17.8 Å². The SMILES string of the molecule is CC[C@H](C)[C@H](NC(=O)[C@@H](C)NC)C(=O)N[C@@H](Cc1ccccc1)[C@H](O)CN(CCC(C)C)C(=O)NC(C)(C)C. The van der Waals surface area contributed by atoms with E-state index in [4.69, 9.17) is 0 Å². The van der Waals surface area contributed by atoms with E-state index in [2.05, 4.69) is 35.1 Å². The van der Waals surface area contributed by atoms with Crippen molar-refractivity contribution < 1.29 is 19.5 Å². The van der Waals surface area contributed by atoms with Crippen LogP contribution in [0.2, 0.25) is 0 Å². The summed E-state index contributed by atoms with van der Waals surface area (Å²) in [4.78, 5) is 40.9. The number of rotatable bonds is 15. The Kier molecular flexibility index (Phi) is 14.5. The van der Waals surface area contributed by atoms with Gasteiger partial charge in [-0.25, -0.2) is 4.79 Å². The molecule has 0 radical (unpaired) electrons. The zero-order chi connectivity index (χ0) is 29.8. The van der Waals surface area contributed by atoms with E-state index < -0.39 is 29.8 Å². The number of urea groups is 1. The summed E-state index contributed by atoms with van der Waals surface area (Å²) in [6.07, 6.45) is 0.817. The van der Waals surface area contributed by atoms with E-state index >= 15 is 0 Å². The van der Waals surface area contributed by atoms with Crippen LogP contribution in [-0.4, -0.2) is 77.8 Å². The van der Waals surface area contributed by atoms with E-state index in [0.717, 1.165) is 12.0 Å². The standard InChI is InChI=1S/C30H53N5O4/c1-10-21(4)26(33-27(37)22(5)31-9)28(38)32-24(18-23-14-12-11-13-15-23)25(36)19-35(17-16-20(2)3)29(39)34-30(6,7)8/h11-15,20-22,24-26,31,36H,10,16-19H2,1-9H3,(H,32,38)(H,33,37)(H,34,39)/t21-,22+,24-,25+,26-/m0/s1. The molecular weight excluding hydrogens is 494 g/mol. The number of carbonyl (C=O) groups is 3. The van der Waals surface area contributed by atoms with E-state index in [0.29, 0.717) is 25.3 Å². The quantitative estimate of drug-likeness (QED) is 0.231. The Hall–Kier alpha value is -2.65. The topological polar surface area (TPSA) is 123 Å². The van der Waals surface area contributed by atoms with Gasteiger partial charge in [0.1, 0.15) is 6.04 Å². The number of benzene rings is 1. The maximum absolute atomic E-state index is 13.6. The first kappa shape index (κ1) is 34.4. The van der Waals surface area contributed by atoms with Gasteiger partial charge < -0.3 is 31.3 Å². The Morgan fingerprint density at radius 2 is 1.59 bits per heavy atom. The van der Waals surface area contributed by atoms with Crippen LogP contribution < -0.4 is 21.3 Å². The lowest BCUT2D eigenvalue weighted by Crippen LogP contribution is -2.59. The predicted octanol–water partition coefficient (Wildman–Crippen LogP) is 3.07. The third-order valence-corrected chi connectivity index (χ3v) is 6.86. The van der Waals surface area contributed by atoms with Crippen LogP contribution in [0.4, 0.5) is 4.79 Å². The molecule has 4 amide bonds. The predicted molar refractivity (Wildman–Crippen MR) is 157 cm³/mol. The fourth-order valence-corrected chi connectivity index (χ4v) is 3.98. The van der Waals surface area contributed by atoms with Gasteiger partial charge in [0.25, 0.3) is 0 Å². The Morgan fingerprint density at radius 1 is 0.974 bits per heavy atom. The van der Waals surface area contributed by atoms with Gasteiger partial charge in [-0.05, 0) is 65.0 Å². The Bertz CT molecular complexity index is 887. The number of aliphatic hydroxyl groups excluding tert-OH is 1. The lowest BCUT2D eigenvalue weighted by Gasteiger charge is -2.34. The van der Waals surface area contributed by atoms with E-state index in [-0.39, 0.29) is 30.3 Å². The Balaban J connectivity index is 3.23. The molecule has 0 aliphatic heterocycles. The van der Waals surface area contributed by atoms with E-state index in [1.54, 1.807) is 18.9 Å². The summed E-state index contributed by atoms with van der Waals surface area (Å²) in [5.74, 6) is -0.356. The first-order chi connectivity index (χ1) is 18.2. The van der Waals surface area contributed by atoms with Crippen LogP contribution in [0, 0.1) is 11.8 Å². The normalized spacial score (nSPS) is 15.6. The second-order valence-electron chi connectivity index (χ2n) is 12.1. The van der Waals surface area contributed by atoms with Gasteiger partial charge in [-0.2, -0.15) is 0 Å². The fraction of sp³-hybridized carbons (Fsp3) is 0.700. The highest BCUT2D eigenvalue weighted by Gasteiger charge is 2.32. The van der Waals surface area contributed by atoms with Gasteiger partial charge >= 0.3 is 6.03 Å². The fourth-order valence-electron chi connectivity index (χ4n) is 3.98. The number of carbonyl (C=O) groups excluding carboxylic acids is 3. The highest BCUT2D eigenvalue weighted by atomic mass is 16.3. The lowest BCUT2D eigenvalue weighted by molar-refractivity contribution is -0.132.